The Morgan fingerprint density at radius 3 is 2.53 bits per heavy atom. The minimum absolute atomic E-state index is 0.415. The molecule has 5 nitrogen and oxygen atoms in total. The maximum atomic E-state index is 5.53. The normalized spacial score (nSPS) is 16.2. The zero-order valence-corrected chi connectivity index (χ0v) is 12.7. The fourth-order valence-electron chi connectivity index (χ4n) is 2.05. The van der Waals surface area contributed by atoms with Crippen LogP contribution in [0.3, 0.4) is 0 Å². The van der Waals surface area contributed by atoms with E-state index in [1.54, 1.807) is 0 Å². The van der Waals surface area contributed by atoms with Gasteiger partial charge >= 0.3 is 0 Å². The monoisotopic (exact) mass is 281 g/mol. The molecule has 1 aromatic rings. The van der Waals surface area contributed by atoms with Gasteiger partial charge in [-0.2, -0.15) is 11.8 Å². The number of aromatic nitrogens is 2. The lowest BCUT2D eigenvalue weighted by Crippen LogP contribution is -2.20. The predicted octanol–water partition coefficient (Wildman–Crippen LogP) is 2.33. The van der Waals surface area contributed by atoms with Gasteiger partial charge in [-0.25, -0.2) is 15.8 Å². The number of thioether (sulfide) groups is 1. The molecule has 0 amide bonds. The maximum Gasteiger partial charge on any atom is 0.148 e. The molecular weight excluding hydrogens is 258 g/mol. The van der Waals surface area contributed by atoms with Crippen LogP contribution in [0, 0.1) is 6.92 Å². The molecule has 1 fully saturated rings. The van der Waals surface area contributed by atoms with E-state index in [1.165, 1.54) is 12.8 Å². The number of hydrazine groups is 1. The van der Waals surface area contributed by atoms with Gasteiger partial charge in [0.05, 0.1) is 0 Å². The van der Waals surface area contributed by atoms with Crippen LogP contribution in [0.2, 0.25) is 0 Å². The summed E-state index contributed by atoms with van der Waals surface area (Å²) in [6.45, 7) is 5.08. The van der Waals surface area contributed by atoms with Gasteiger partial charge in [-0.15, -0.1) is 0 Å². The maximum absolute atomic E-state index is 5.53. The van der Waals surface area contributed by atoms with Crippen LogP contribution in [0.4, 0.5) is 11.6 Å². The highest BCUT2D eigenvalue weighted by molar-refractivity contribution is 8.00. The molecule has 106 valence electrons. The second-order valence-corrected chi connectivity index (χ2v) is 6.37. The molecular formula is C13H23N5S. The number of aryl methyl sites for hydroxylation is 1. The van der Waals surface area contributed by atoms with Crippen LogP contribution in [0.25, 0.3) is 0 Å². The van der Waals surface area contributed by atoms with Crippen molar-refractivity contribution in [2.24, 2.45) is 5.84 Å². The Bertz CT molecular complexity index is 445. The van der Waals surface area contributed by atoms with Gasteiger partial charge in [0.15, 0.2) is 0 Å². The minimum Gasteiger partial charge on any atom is -0.368 e. The number of nitrogens with one attached hydrogen (secondary N) is 2. The molecule has 4 N–H and O–H groups in total. The third-order valence-electron chi connectivity index (χ3n) is 3.62. The van der Waals surface area contributed by atoms with E-state index in [2.05, 4.69) is 33.9 Å². The smallest absolute Gasteiger partial charge is 0.148 e. The minimum atomic E-state index is 0.415. The third-order valence-corrected chi connectivity index (χ3v) is 5.04. The predicted molar refractivity (Wildman–Crippen MR) is 82.5 cm³/mol. The Balaban J connectivity index is 2.15. The highest BCUT2D eigenvalue weighted by Crippen LogP contribution is 2.47. The lowest BCUT2D eigenvalue weighted by atomic mass is 10.2. The van der Waals surface area contributed by atoms with Crippen molar-refractivity contribution < 1.29 is 0 Å². The Morgan fingerprint density at radius 2 is 2.00 bits per heavy atom. The van der Waals surface area contributed by atoms with E-state index in [0.717, 1.165) is 42.4 Å². The van der Waals surface area contributed by atoms with Crippen molar-refractivity contribution in [2.45, 2.75) is 44.3 Å². The van der Waals surface area contributed by atoms with Gasteiger partial charge in [0.2, 0.25) is 0 Å². The van der Waals surface area contributed by atoms with Crippen LogP contribution in [0.5, 0.6) is 0 Å². The molecule has 0 saturated heterocycles. The van der Waals surface area contributed by atoms with E-state index >= 15 is 0 Å². The van der Waals surface area contributed by atoms with E-state index in [1.807, 2.05) is 18.7 Å². The van der Waals surface area contributed by atoms with Crippen molar-refractivity contribution in [1.29, 1.82) is 0 Å². The van der Waals surface area contributed by atoms with Gasteiger partial charge in [-0.05, 0) is 32.4 Å². The SMILES string of the molecule is CCCc1nc(NN)c(C)c(NCC2(SC)CC2)n1. The molecule has 2 rings (SSSR count). The van der Waals surface area contributed by atoms with Gasteiger partial charge < -0.3 is 10.7 Å². The van der Waals surface area contributed by atoms with Crippen LogP contribution in [0.15, 0.2) is 0 Å². The Kier molecular flexibility index (Phi) is 4.52. The zero-order chi connectivity index (χ0) is 13.9. The van der Waals surface area contributed by atoms with E-state index in [0.29, 0.717) is 4.75 Å². The number of hydrogen-bond donors (Lipinski definition) is 3. The molecule has 6 heteroatoms. The lowest BCUT2D eigenvalue weighted by molar-refractivity contribution is 0.827. The quantitative estimate of drug-likeness (QED) is 0.526. The molecule has 0 unspecified atom stereocenters. The molecule has 1 aliphatic rings. The second kappa shape index (κ2) is 5.96. The summed E-state index contributed by atoms with van der Waals surface area (Å²) in [6, 6.07) is 0. The molecule has 0 bridgehead atoms. The van der Waals surface area contributed by atoms with E-state index in [-0.39, 0.29) is 0 Å². The number of anilines is 2. The summed E-state index contributed by atoms with van der Waals surface area (Å²) in [5.41, 5.74) is 3.65. The average molecular weight is 281 g/mol. The van der Waals surface area contributed by atoms with Crippen molar-refractivity contribution in [2.75, 3.05) is 23.5 Å². The fraction of sp³-hybridized carbons (Fsp3) is 0.692. The first-order chi connectivity index (χ1) is 9.14. The van der Waals surface area contributed by atoms with E-state index < -0.39 is 0 Å². The Hall–Kier alpha value is -1.01. The summed E-state index contributed by atoms with van der Waals surface area (Å²) in [5, 5.41) is 3.47. The lowest BCUT2D eigenvalue weighted by Gasteiger charge is -2.17. The molecule has 1 saturated carbocycles. The first-order valence-electron chi connectivity index (χ1n) is 6.77. The number of nitrogen functional groups attached to an aromatic ring is 1. The van der Waals surface area contributed by atoms with Crippen LogP contribution in [-0.4, -0.2) is 27.5 Å². The summed E-state index contributed by atoms with van der Waals surface area (Å²) in [7, 11) is 0. The van der Waals surface area contributed by atoms with Crippen molar-refractivity contribution >= 4 is 23.4 Å². The first kappa shape index (κ1) is 14.4. The number of nitrogens with two attached hydrogens (primary N) is 1. The topological polar surface area (TPSA) is 75.9 Å². The molecule has 1 aromatic heterocycles. The molecule has 0 radical (unpaired) electrons. The molecule has 0 atom stereocenters. The summed E-state index contributed by atoms with van der Waals surface area (Å²) in [5.74, 6) is 8.00. The van der Waals surface area contributed by atoms with Gasteiger partial charge in [-0.1, -0.05) is 6.92 Å². The standard InChI is InChI=1S/C13H23N5S/c1-4-5-10-16-11(9(2)12(17-10)18-14)15-8-13(19-3)6-7-13/h4-8,14H2,1-3H3,(H2,15,16,17,18). The van der Waals surface area contributed by atoms with Crippen LogP contribution in [-0.2, 0) is 6.42 Å². The van der Waals surface area contributed by atoms with Gasteiger partial charge in [0.1, 0.15) is 17.5 Å². The van der Waals surface area contributed by atoms with Crippen LogP contribution < -0.4 is 16.6 Å². The van der Waals surface area contributed by atoms with Gasteiger partial charge in [-0.3, -0.25) is 0 Å². The highest BCUT2D eigenvalue weighted by atomic mass is 32.2. The third kappa shape index (κ3) is 3.30. The number of nitrogens with zero attached hydrogens (tertiary/aromatic N) is 2. The molecule has 0 aromatic carbocycles. The highest BCUT2D eigenvalue weighted by Gasteiger charge is 2.41. The number of hydrogen-bond acceptors (Lipinski definition) is 6. The zero-order valence-electron chi connectivity index (χ0n) is 11.9. The largest absolute Gasteiger partial charge is 0.368 e. The van der Waals surface area contributed by atoms with Crippen LogP contribution in [0.1, 0.15) is 37.6 Å². The van der Waals surface area contributed by atoms with E-state index in [4.69, 9.17) is 5.84 Å². The molecule has 0 aliphatic heterocycles. The van der Waals surface area contributed by atoms with Crippen LogP contribution >= 0.6 is 11.8 Å². The van der Waals surface area contributed by atoms with Crippen molar-refractivity contribution in [1.82, 2.24) is 9.97 Å². The summed E-state index contributed by atoms with van der Waals surface area (Å²) >= 11 is 1.94. The first-order valence-corrected chi connectivity index (χ1v) is 8.00. The molecule has 1 heterocycles. The van der Waals surface area contributed by atoms with Crippen molar-refractivity contribution in [3.8, 4) is 0 Å². The van der Waals surface area contributed by atoms with Crippen molar-refractivity contribution in [3.05, 3.63) is 11.4 Å². The molecule has 19 heavy (non-hydrogen) atoms. The van der Waals surface area contributed by atoms with E-state index in [9.17, 15) is 0 Å². The van der Waals surface area contributed by atoms with Gasteiger partial charge in [0.25, 0.3) is 0 Å². The summed E-state index contributed by atoms with van der Waals surface area (Å²) in [4.78, 5) is 9.04. The summed E-state index contributed by atoms with van der Waals surface area (Å²) in [6.07, 6.45) is 6.65. The number of rotatable bonds is 7. The Morgan fingerprint density at radius 1 is 1.32 bits per heavy atom. The molecule has 0 spiro atoms. The van der Waals surface area contributed by atoms with Gasteiger partial charge in [0, 0.05) is 23.3 Å². The molecule has 1 aliphatic carbocycles. The van der Waals surface area contributed by atoms with Crippen molar-refractivity contribution in [3.63, 3.8) is 0 Å². The Labute approximate surface area is 119 Å². The average Bonchev–Trinajstić information content (AvgIpc) is 3.20. The fourth-order valence-corrected chi connectivity index (χ4v) is 2.78. The summed E-state index contributed by atoms with van der Waals surface area (Å²) < 4.78 is 0.415. The second-order valence-electron chi connectivity index (χ2n) is 5.10.